The highest BCUT2D eigenvalue weighted by Gasteiger charge is 2.34. The van der Waals surface area contributed by atoms with Crippen LogP contribution in [0.4, 0.5) is 19.3 Å². The van der Waals surface area contributed by atoms with Gasteiger partial charge in [0.2, 0.25) is 0 Å². The van der Waals surface area contributed by atoms with Crippen molar-refractivity contribution in [2.75, 3.05) is 5.32 Å². The van der Waals surface area contributed by atoms with E-state index in [1.54, 1.807) is 6.92 Å². The fourth-order valence-electron chi connectivity index (χ4n) is 1.75. The van der Waals surface area contributed by atoms with E-state index in [-0.39, 0.29) is 16.6 Å². The number of amides is 2. The second-order valence-corrected chi connectivity index (χ2v) is 5.57. The summed E-state index contributed by atoms with van der Waals surface area (Å²) in [6.45, 7) is 3.13. The number of carboxylic acids is 1. The standard InChI is InChI=1S/C13H15BrF2N2O3/c1-3-4-13(2,11(19)20)18-12(21)17-10-5-7(14)8(15)6-9(10)16/h5-6H,3-4H2,1-2H3,(H,19,20)(H2,17,18,21). The summed E-state index contributed by atoms with van der Waals surface area (Å²) >= 11 is 2.87. The Morgan fingerprint density at radius 3 is 2.48 bits per heavy atom. The fourth-order valence-corrected chi connectivity index (χ4v) is 2.09. The first kappa shape index (κ1) is 17.4. The summed E-state index contributed by atoms with van der Waals surface area (Å²) in [5.41, 5.74) is -1.72. The van der Waals surface area contributed by atoms with Crippen LogP contribution in [0.25, 0.3) is 0 Å². The second kappa shape index (κ2) is 6.84. The number of hydrogen-bond acceptors (Lipinski definition) is 2. The van der Waals surface area contributed by atoms with E-state index in [1.807, 2.05) is 0 Å². The number of carbonyl (C=O) groups is 2. The highest BCUT2D eigenvalue weighted by molar-refractivity contribution is 9.10. The highest BCUT2D eigenvalue weighted by atomic mass is 79.9. The number of carbonyl (C=O) groups excluding carboxylic acids is 1. The molecule has 0 spiro atoms. The monoisotopic (exact) mass is 364 g/mol. The first-order valence-electron chi connectivity index (χ1n) is 6.16. The lowest BCUT2D eigenvalue weighted by Crippen LogP contribution is -2.53. The Labute approximate surface area is 128 Å². The summed E-state index contributed by atoms with van der Waals surface area (Å²) in [6, 6.07) is 0.787. The van der Waals surface area contributed by atoms with Crippen LogP contribution >= 0.6 is 15.9 Å². The number of aliphatic carboxylic acids is 1. The number of halogens is 3. The van der Waals surface area contributed by atoms with Crippen molar-refractivity contribution in [2.24, 2.45) is 0 Å². The summed E-state index contributed by atoms with van der Waals surface area (Å²) in [5.74, 6) is -2.96. The van der Waals surface area contributed by atoms with Gasteiger partial charge in [-0.15, -0.1) is 0 Å². The Morgan fingerprint density at radius 2 is 1.95 bits per heavy atom. The van der Waals surface area contributed by atoms with Gasteiger partial charge in [0, 0.05) is 6.07 Å². The van der Waals surface area contributed by atoms with E-state index >= 15 is 0 Å². The van der Waals surface area contributed by atoms with Gasteiger partial charge in [-0.2, -0.15) is 0 Å². The van der Waals surface area contributed by atoms with Crippen LogP contribution in [0.2, 0.25) is 0 Å². The number of nitrogens with one attached hydrogen (secondary N) is 2. The van der Waals surface area contributed by atoms with E-state index in [2.05, 4.69) is 26.6 Å². The minimum atomic E-state index is -1.47. The Morgan fingerprint density at radius 1 is 1.33 bits per heavy atom. The third-order valence-corrected chi connectivity index (χ3v) is 3.48. The molecule has 0 bridgehead atoms. The average molecular weight is 365 g/mol. The molecule has 0 saturated carbocycles. The van der Waals surface area contributed by atoms with Crippen molar-refractivity contribution in [3.05, 3.63) is 28.2 Å². The van der Waals surface area contributed by atoms with Gasteiger partial charge in [0.25, 0.3) is 0 Å². The van der Waals surface area contributed by atoms with Crippen LogP contribution in [0.15, 0.2) is 16.6 Å². The smallest absolute Gasteiger partial charge is 0.329 e. The van der Waals surface area contributed by atoms with Gasteiger partial charge in [-0.1, -0.05) is 13.3 Å². The maximum atomic E-state index is 13.5. The van der Waals surface area contributed by atoms with Crippen molar-refractivity contribution in [2.45, 2.75) is 32.2 Å². The molecule has 21 heavy (non-hydrogen) atoms. The largest absolute Gasteiger partial charge is 0.480 e. The zero-order valence-corrected chi connectivity index (χ0v) is 13.1. The van der Waals surface area contributed by atoms with E-state index in [9.17, 15) is 18.4 Å². The first-order valence-corrected chi connectivity index (χ1v) is 6.96. The van der Waals surface area contributed by atoms with Gasteiger partial charge in [0.05, 0.1) is 10.2 Å². The van der Waals surface area contributed by atoms with Gasteiger partial charge in [-0.25, -0.2) is 18.4 Å². The fraction of sp³-hybridized carbons (Fsp3) is 0.385. The lowest BCUT2D eigenvalue weighted by molar-refractivity contribution is -0.143. The van der Waals surface area contributed by atoms with Crippen molar-refractivity contribution >= 4 is 33.6 Å². The van der Waals surface area contributed by atoms with E-state index in [1.165, 1.54) is 6.92 Å². The van der Waals surface area contributed by atoms with E-state index in [0.29, 0.717) is 12.5 Å². The first-order chi connectivity index (χ1) is 9.69. The van der Waals surface area contributed by atoms with Gasteiger partial charge < -0.3 is 15.7 Å². The quantitative estimate of drug-likeness (QED) is 0.699. The molecule has 0 fully saturated rings. The SMILES string of the molecule is CCCC(C)(NC(=O)Nc1cc(Br)c(F)cc1F)C(=O)O. The van der Waals surface area contributed by atoms with Crippen LogP contribution in [0.1, 0.15) is 26.7 Å². The van der Waals surface area contributed by atoms with Gasteiger partial charge in [0.1, 0.15) is 17.2 Å². The Kier molecular flexibility index (Phi) is 5.65. The molecule has 0 saturated heterocycles. The van der Waals surface area contributed by atoms with Crippen molar-refractivity contribution in [1.29, 1.82) is 0 Å². The Balaban J connectivity index is 2.87. The van der Waals surface area contributed by atoms with Gasteiger partial charge in [-0.3, -0.25) is 0 Å². The zero-order valence-electron chi connectivity index (χ0n) is 11.5. The summed E-state index contributed by atoms with van der Waals surface area (Å²) in [7, 11) is 0. The third-order valence-electron chi connectivity index (χ3n) is 2.87. The van der Waals surface area contributed by atoms with Gasteiger partial charge >= 0.3 is 12.0 Å². The van der Waals surface area contributed by atoms with Crippen molar-refractivity contribution < 1.29 is 23.5 Å². The van der Waals surface area contributed by atoms with Crippen LogP contribution < -0.4 is 10.6 Å². The topological polar surface area (TPSA) is 78.4 Å². The molecule has 0 radical (unpaired) electrons. The molecule has 8 heteroatoms. The average Bonchev–Trinajstić information content (AvgIpc) is 2.35. The minimum absolute atomic E-state index is 0.0197. The number of hydrogen-bond donors (Lipinski definition) is 3. The third kappa shape index (κ3) is 4.38. The zero-order chi connectivity index (χ0) is 16.2. The molecule has 1 rings (SSSR count). The lowest BCUT2D eigenvalue weighted by Gasteiger charge is -2.25. The molecule has 5 nitrogen and oxygen atoms in total. The summed E-state index contributed by atoms with van der Waals surface area (Å²) in [6.07, 6.45) is 0.755. The summed E-state index contributed by atoms with van der Waals surface area (Å²) in [4.78, 5) is 23.0. The number of rotatable bonds is 5. The van der Waals surface area contributed by atoms with Crippen molar-refractivity contribution in [3.8, 4) is 0 Å². The minimum Gasteiger partial charge on any atom is -0.480 e. The predicted octanol–water partition coefficient (Wildman–Crippen LogP) is 3.49. The molecule has 1 unspecified atom stereocenters. The van der Waals surface area contributed by atoms with Crippen LogP contribution in [0.3, 0.4) is 0 Å². The van der Waals surface area contributed by atoms with Crippen LogP contribution in [-0.4, -0.2) is 22.6 Å². The van der Waals surface area contributed by atoms with Crippen LogP contribution in [0.5, 0.6) is 0 Å². The predicted molar refractivity (Wildman–Crippen MR) is 77.2 cm³/mol. The van der Waals surface area contributed by atoms with Gasteiger partial charge in [-0.05, 0) is 35.3 Å². The maximum Gasteiger partial charge on any atom is 0.329 e. The highest BCUT2D eigenvalue weighted by Crippen LogP contribution is 2.24. The maximum absolute atomic E-state index is 13.5. The normalized spacial score (nSPS) is 13.4. The number of anilines is 1. The second-order valence-electron chi connectivity index (χ2n) is 4.71. The molecule has 2 amide bonds. The lowest BCUT2D eigenvalue weighted by atomic mass is 9.97. The molecule has 1 atom stereocenters. The van der Waals surface area contributed by atoms with Gasteiger partial charge in [0.15, 0.2) is 0 Å². The molecular weight excluding hydrogens is 350 g/mol. The van der Waals surface area contributed by atoms with Crippen LogP contribution in [0, 0.1) is 11.6 Å². The molecule has 0 aliphatic rings. The summed E-state index contributed by atoms with van der Waals surface area (Å²) in [5, 5.41) is 13.6. The molecule has 116 valence electrons. The molecule has 0 aromatic heterocycles. The number of carboxylic acid groups (broad SMARTS) is 1. The molecule has 0 aliphatic heterocycles. The molecule has 1 aromatic rings. The Hall–Kier alpha value is -1.70. The van der Waals surface area contributed by atoms with E-state index in [0.717, 1.165) is 6.07 Å². The summed E-state index contributed by atoms with van der Waals surface area (Å²) < 4.78 is 26.6. The van der Waals surface area contributed by atoms with Crippen molar-refractivity contribution in [1.82, 2.24) is 5.32 Å². The van der Waals surface area contributed by atoms with E-state index in [4.69, 9.17) is 5.11 Å². The van der Waals surface area contributed by atoms with E-state index < -0.39 is 29.2 Å². The molecule has 0 aliphatic carbocycles. The molecule has 1 aromatic carbocycles. The van der Waals surface area contributed by atoms with Crippen LogP contribution in [-0.2, 0) is 4.79 Å². The number of urea groups is 1. The molecule has 3 N–H and O–H groups in total. The van der Waals surface area contributed by atoms with Crippen molar-refractivity contribution in [3.63, 3.8) is 0 Å². The Bertz CT molecular complexity index is 569. The number of benzene rings is 1. The molecular formula is C13H15BrF2N2O3. The molecule has 0 heterocycles.